The zero-order valence-electron chi connectivity index (χ0n) is 12.2. The van der Waals surface area contributed by atoms with Crippen LogP contribution < -0.4 is 4.72 Å². The van der Waals surface area contributed by atoms with Crippen molar-refractivity contribution in [3.05, 3.63) is 34.5 Å². The van der Waals surface area contributed by atoms with Gasteiger partial charge in [0.15, 0.2) is 0 Å². The van der Waals surface area contributed by atoms with Gasteiger partial charge in [-0.3, -0.25) is 0 Å². The predicted octanol–water partition coefficient (Wildman–Crippen LogP) is 1.67. The summed E-state index contributed by atoms with van der Waals surface area (Å²) in [5.74, 6) is 0. The fourth-order valence-corrected chi connectivity index (χ4v) is 4.30. The van der Waals surface area contributed by atoms with Gasteiger partial charge in [-0.15, -0.1) is 11.3 Å². The molecule has 0 aliphatic heterocycles. The van der Waals surface area contributed by atoms with Gasteiger partial charge in [-0.1, -0.05) is 0 Å². The minimum atomic E-state index is -3.68. The van der Waals surface area contributed by atoms with Crippen LogP contribution in [0.2, 0.25) is 0 Å². The summed E-state index contributed by atoms with van der Waals surface area (Å²) in [6, 6.07) is 1.49. The molecule has 0 saturated carbocycles. The maximum atomic E-state index is 12.5. The molecule has 2 heterocycles. The molecule has 2 aromatic rings. The Labute approximate surface area is 128 Å². The summed E-state index contributed by atoms with van der Waals surface area (Å²) >= 11 is 1.40. The summed E-state index contributed by atoms with van der Waals surface area (Å²) in [5, 5.41) is 11.8. The first-order chi connectivity index (χ1) is 9.80. The van der Waals surface area contributed by atoms with Gasteiger partial charge >= 0.3 is 0 Å². The maximum Gasteiger partial charge on any atom is 0.242 e. The van der Waals surface area contributed by atoms with Crippen molar-refractivity contribution in [2.45, 2.75) is 44.4 Å². The lowest BCUT2D eigenvalue weighted by Crippen LogP contribution is -2.40. The summed E-state index contributed by atoms with van der Waals surface area (Å²) in [5.41, 5.74) is -0.217. The van der Waals surface area contributed by atoms with Crippen LogP contribution in [-0.2, 0) is 28.7 Å². The van der Waals surface area contributed by atoms with Gasteiger partial charge in [0.25, 0.3) is 0 Å². The molecule has 0 aliphatic rings. The van der Waals surface area contributed by atoms with Crippen molar-refractivity contribution in [2.75, 3.05) is 0 Å². The normalized spacial score (nSPS) is 12.8. The first-order valence-corrected chi connectivity index (χ1v) is 8.90. The number of hydrogen-bond donors (Lipinski definition) is 2. The summed E-state index contributed by atoms with van der Waals surface area (Å²) < 4.78 is 29.4. The van der Waals surface area contributed by atoms with Crippen LogP contribution in [0.3, 0.4) is 0 Å². The predicted molar refractivity (Wildman–Crippen MR) is 81.5 cm³/mol. The van der Waals surface area contributed by atoms with E-state index in [4.69, 9.17) is 0 Å². The lowest BCUT2D eigenvalue weighted by molar-refractivity contribution is 0.271. The highest BCUT2D eigenvalue weighted by Gasteiger charge is 2.30. The highest BCUT2D eigenvalue weighted by Crippen LogP contribution is 2.25. The van der Waals surface area contributed by atoms with Gasteiger partial charge in [0.05, 0.1) is 12.1 Å². The Kier molecular flexibility index (Phi) is 4.52. The number of aromatic nitrogens is 2. The average Bonchev–Trinajstić information content (AvgIpc) is 3.07. The zero-order valence-corrected chi connectivity index (χ0v) is 13.8. The van der Waals surface area contributed by atoms with Crippen molar-refractivity contribution < 1.29 is 13.5 Å². The molecule has 0 radical (unpaired) electrons. The van der Waals surface area contributed by atoms with Crippen molar-refractivity contribution in [3.8, 4) is 0 Å². The van der Waals surface area contributed by atoms with E-state index >= 15 is 0 Å². The number of aryl methyl sites for hydroxylation is 1. The number of rotatable bonds is 6. The van der Waals surface area contributed by atoms with E-state index in [2.05, 4.69) is 9.71 Å². The van der Waals surface area contributed by atoms with Gasteiger partial charge < -0.3 is 9.67 Å². The number of sulfonamides is 1. The lowest BCUT2D eigenvalue weighted by atomic mass is 10.1. The molecule has 2 rings (SSSR count). The number of thiazole rings is 1. The Bertz CT molecular complexity index is 682. The van der Waals surface area contributed by atoms with Crippen LogP contribution in [0, 0.1) is 0 Å². The molecule has 2 aromatic heterocycles. The van der Waals surface area contributed by atoms with Gasteiger partial charge in [-0.2, -0.15) is 4.72 Å². The van der Waals surface area contributed by atoms with E-state index in [1.54, 1.807) is 24.6 Å². The van der Waals surface area contributed by atoms with E-state index in [0.29, 0.717) is 17.2 Å². The third kappa shape index (κ3) is 3.34. The highest BCUT2D eigenvalue weighted by atomic mass is 32.2. The average molecular weight is 329 g/mol. The lowest BCUT2D eigenvalue weighted by Gasteiger charge is -2.23. The topological polar surface area (TPSA) is 84.2 Å². The second-order valence-electron chi connectivity index (χ2n) is 5.18. The van der Waals surface area contributed by atoms with Crippen molar-refractivity contribution >= 4 is 21.4 Å². The number of hydrogen-bond acceptors (Lipinski definition) is 5. The molecule has 6 nitrogen and oxygen atoms in total. The molecule has 0 amide bonds. The van der Waals surface area contributed by atoms with Gasteiger partial charge in [-0.05, 0) is 26.8 Å². The SMILES string of the molecule is CCn1cc(S(=O)(=O)NC(C)(C)c2nccs2)cc1CO. The van der Waals surface area contributed by atoms with Gasteiger partial charge in [0.2, 0.25) is 10.0 Å². The quantitative estimate of drug-likeness (QED) is 0.844. The van der Waals surface area contributed by atoms with E-state index in [0.717, 1.165) is 0 Å². The Balaban J connectivity index is 2.32. The summed E-state index contributed by atoms with van der Waals surface area (Å²) in [4.78, 5) is 4.32. The molecule has 0 aliphatic carbocycles. The molecule has 0 bridgehead atoms. The van der Waals surface area contributed by atoms with Gasteiger partial charge in [0.1, 0.15) is 9.90 Å². The highest BCUT2D eigenvalue weighted by molar-refractivity contribution is 7.89. The fourth-order valence-electron chi connectivity index (χ4n) is 2.07. The molecule has 0 atom stereocenters. The van der Waals surface area contributed by atoms with Gasteiger partial charge in [-0.25, -0.2) is 13.4 Å². The summed E-state index contributed by atoms with van der Waals surface area (Å²) in [6.45, 7) is 5.84. The van der Waals surface area contributed by atoms with E-state index < -0.39 is 15.6 Å². The minimum absolute atomic E-state index is 0.151. The van der Waals surface area contributed by atoms with E-state index in [1.807, 2.05) is 12.3 Å². The molecule has 8 heteroatoms. The molecule has 0 saturated heterocycles. The molecule has 0 aromatic carbocycles. The van der Waals surface area contributed by atoms with Gasteiger partial charge in [0, 0.05) is 30.0 Å². The molecule has 0 fully saturated rings. The molecule has 0 spiro atoms. The van der Waals surface area contributed by atoms with Crippen LogP contribution in [0.5, 0.6) is 0 Å². The van der Waals surface area contributed by atoms with Crippen molar-refractivity contribution in [1.82, 2.24) is 14.3 Å². The molecule has 116 valence electrons. The number of nitrogens with zero attached hydrogens (tertiary/aromatic N) is 2. The first-order valence-electron chi connectivity index (χ1n) is 6.54. The van der Waals surface area contributed by atoms with Crippen molar-refractivity contribution in [3.63, 3.8) is 0 Å². The Morgan fingerprint density at radius 3 is 2.67 bits per heavy atom. The third-order valence-corrected chi connectivity index (χ3v) is 5.85. The Morgan fingerprint density at radius 2 is 2.19 bits per heavy atom. The number of aliphatic hydroxyl groups excluding tert-OH is 1. The first kappa shape index (κ1) is 16.2. The summed E-state index contributed by atoms with van der Waals surface area (Å²) in [6.07, 6.45) is 3.18. The van der Waals surface area contributed by atoms with Crippen LogP contribution in [0.15, 0.2) is 28.7 Å². The van der Waals surface area contributed by atoms with E-state index in [9.17, 15) is 13.5 Å². The molecule has 2 N–H and O–H groups in total. The molecule has 21 heavy (non-hydrogen) atoms. The van der Waals surface area contributed by atoms with Crippen molar-refractivity contribution in [2.24, 2.45) is 0 Å². The number of aliphatic hydroxyl groups is 1. The standard InChI is InChI=1S/C13H19N3O3S2/c1-4-16-8-11(7-10(16)9-17)21(18,19)15-13(2,3)12-14-5-6-20-12/h5-8,15,17H,4,9H2,1-3H3. The number of nitrogens with one attached hydrogen (secondary N) is 1. The zero-order chi connectivity index (χ0) is 15.7. The largest absolute Gasteiger partial charge is 0.390 e. The maximum absolute atomic E-state index is 12.5. The third-order valence-electron chi connectivity index (χ3n) is 3.13. The molecule has 0 unspecified atom stereocenters. The van der Waals surface area contributed by atoms with Crippen LogP contribution in [-0.4, -0.2) is 23.1 Å². The molecular weight excluding hydrogens is 310 g/mol. The Morgan fingerprint density at radius 1 is 1.48 bits per heavy atom. The van der Waals surface area contributed by atoms with E-state index in [1.165, 1.54) is 23.6 Å². The smallest absolute Gasteiger partial charge is 0.242 e. The van der Waals surface area contributed by atoms with Crippen LogP contribution in [0.25, 0.3) is 0 Å². The second-order valence-corrected chi connectivity index (χ2v) is 7.76. The summed E-state index contributed by atoms with van der Waals surface area (Å²) in [7, 11) is -3.68. The van der Waals surface area contributed by atoms with Crippen LogP contribution >= 0.6 is 11.3 Å². The monoisotopic (exact) mass is 329 g/mol. The van der Waals surface area contributed by atoms with Crippen LogP contribution in [0.1, 0.15) is 31.5 Å². The van der Waals surface area contributed by atoms with Crippen molar-refractivity contribution in [1.29, 1.82) is 0 Å². The Hall–Kier alpha value is -1.22. The van der Waals surface area contributed by atoms with Crippen LogP contribution in [0.4, 0.5) is 0 Å². The molecular formula is C13H19N3O3S2. The second kappa shape index (κ2) is 5.88. The van der Waals surface area contributed by atoms with E-state index in [-0.39, 0.29) is 11.5 Å². The fraction of sp³-hybridized carbons (Fsp3) is 0.462. The minimum Gasteiger partial charge on any atom is -0.390 e.